The number of hydrogen-bond acceptors (Lipinski definition) is 2. The molecule has 4 heteroatoms. The monoisotopic (exact) mass is 262 g/mol. The quantitative estimate of drug-likeness (QED) is 0.581. The summed E-state index contributed by atoms with van der Waals surface area (Å²) in [7, 11) is 0. The van der Waals surface area contributed by atoms with E-state index in [2.05, 4.69) is 6.92 Å². The van der Waals surface area contributed by atoms with Gasteiger partial charge in [0.2, 0.25) is 0 Å². The Hall–Kier alpha value is -0.180. The van der Waals surface area contributed by atoms with E-state index in [1.807, 2.05) is 0 Å². The van der Waals surface area contributed by atoms with Crippen LogP contribution in [0, 0.1) is 0 Å². The molecule has 0 amide bonds. The highest BCUT2D eigenvalue weighted by Gasteiger charge is 2.11. The van der Waals surface area contributed by atoms with Gasteiger partial charge in [0.05, 0.1) is 15.8 Å². The second-order valence-corrected chi connectivity index (χ2v) is 4.97. The highest BCUT2D eigenvalue weighted by Crippen LogP contribution is 2.26. The number of carbonyl (C=O) groups excluding carboxylic acids is 1. The molecule has 0 aromatic heterocycles. The molecule has 0 spiro atoms. The molecule has 0 unspecified atom stereocenters. The lowest BCUT2D eigenvalue weighted by molar-refractivity contribution is 0.102. The van der Waals surface area contributed by atoms with Crippen molar-refractivity contribution in [1.82, 2.24) is 0 Å². The number of halogens is 2. The summed E-state index contributed by atoms with van der Waals surface area (Å²) in [6.07, 6.45) is 1.07. The van der Waals surface area contributed by atoms with Gasteiger partial charge in [-0.3, -0.25) is 4.79 Å². The first-order valence-electron chi connectivity index (χ1n) is 4.71. The number of ketones is 1. The van der Waals surface area contributed by atoms with Crippen LogP contribution in [0.3, 0.4) is 0 Å². The molecule has 0 aliphatic rings. The van der Waals surface area contributed by atoms with Crippen LogP contribution in [0.5, 0.6) is 0 Å². The first kappa shape index (κ1) is 12.9. The molecule has 1 rings (SSSR count). The Morgan fingerprint density at radius 3 is 2.80 bits per heavy atom. The lowest BCUT2D eigenvalue weighted by atomic mass is 10.1. The minimum absolute atomic E-state index is 0.0425. The van der Waals surface area contributed by atoms with Crippen molar-refractivity contribution >= 4 is 40.7 Å². The summed E-state index contributed by atoms with van der Waals surface area (Å²) in [5.74, 6) is 1.50. The molecule has 0 saturated carbocycles. The van der Waals surface area contributed by atoms with Crippen molar-refractivity contribution in [2.75, 3.05) is 11.5 Å². The first-order chi connectivity index (χ1) is 7.16. The fourth-order valence-electron chi connectivity index (χ4n) is 1.11. The SMILES string of the molecule is CCCSCC(=O)c1cccc(Cl)c1Cl. The largest absolute Gasteiger partial charge is 0.293 e. The molecule has 0 atom stereocenters. The molecule has 0 saturated heterocycles. The van der Waals surface area contributed by atoms with Crippen molar-refractivity contribution in [2.24, 2.45) is 0 Å². The van der Waals surface area contributed by atoms with Gasteiger partial charge in [-0.05, 0) is 24.3 Å². The fourth-order valence-corrected chi connectivity index (χ4v) is 2.29. The highest BCUT2D eigenvalue weighted by atomic mass is 35.5. The van der Waals surface area contributed by atoms with E-state index in [-0.39, 0.29) is 5.78 Å². The van der Waals surface area contributed by atoms with Crippen LogP contribution in [0.4, 0.5) is 0 Å². The van der Waals surface area contributed by atoms with Gasteiger partial charge < -0.3 is 0 Å². The minimum atomic E-state index is 0.0425. The van der Waals surface area contributed by atoms with E-state index in [1.165, 1.54) is 0 Å². The number of hydrogen-bond donors (Lipinski definition) is 0. The molecule has 1 aromatic rings. The number of Topliss-reactive ketones (excluding diaryl/α,β-unsaturated/α-hetero) is 1. The van der Waals surface area contributed by atoms with E-state index in [9.17, 15) is 4.79 Å². The lowest BCUT2D eigenvalue weighted by Crippen LogP contribution is -2.03. The van der Waals surface area contributed by atoms with Crippen molar-refractivity contribution < 1.29 is 4.79 Å². The molecule has 1 nitrogen and oxygen atoms in total. The predicted octanol–water partition coefficient (Wildman–Crippen LogP) is 4.32. The van der Waals surface area contributed by atoms with Crippen LogP contribution >= 0.6 is 35.0 Å². The maximum absolute atomic E-state index is 11.7. The Kier molecular flexibility index (Phi) is 5.51. The van der Waals surface area contributed by atoms with Gasteiger partial charge in [0.25, 0.3) is 0 Å². The van der Waals surface area contributed by atoms with Gasteiger partial charge in [-0.1, -0.05) is 36.2 Å². The molecule has 0 fully saturated rings. The Bertz CT molecular complexity index is 352. The smallest absolute Gasteiger partial charge is 0.174 e. The van der Waals surface area contributed by atoms with Gasteiger partial charge in [0.1, 0.15) is 0 Å². The summed E-state index contributed by atoms with van der Waals surface area (Å²) < 4.78 is 0. The van der Waals surface area contributed by atoms with E-state index in [0.717, 1.165) is 12.2 Å². The second kappa shape index (κ2) is 6.41. The molecule has 0 N–H and O–H groups in total. The molecule has 0 heterocycles. The number of rotatable bonds is 5. The van der Waals surface area contributed by atoms with E-state index in [4.69, 9.17) is 23.2 Å². The average molecular weight is 263 g/mol. The molecule has 0 aliphatic carbocycles. The third kappa shape index (κ3) is 3.71. The highest BCUT2D eigenvalue weighted by molar-refractivity contribution is 7.99. The van der Waals surface area contributed by atoms with Crippen molar-refractivity contribution in [1.29, 1.82) is 0 Å². The Labute approximate surface area is 104 Å². The standard InChI is InChI=1S/C11H12Cl2OS/c1-2-6-15-7-10(14)8-4-3-5-9(12)11(8)13/h3-5H,2,6-7H2,1H3. The zero-order chi connectivity index (χ0) is 11.3. The van der Waals surface area contributed by atoms with Gasteiger partial charge >= 0.3 is 0 Å². The lowest BCUT2D eigenvalue weighted by Gasteiger charge is -2.04. The second-order valence-electron chi connectivity index (χ2n) is 3.08. The van der Waals surface area contributed by atoms with Crippen molar-refractivity contribution in [2.45, 2.75) is 13.3 Å². The molecule has 15 heavy (non-hydrogen) atoms. The minimum Gasteiger partial charge on any atom is -0.293 e. The number of benzene rings is 1. The third-order valence-electron chi connectivity index (χ3n) is 1.83. The van der Waals surface area contributed by atoms with Crippen LogP contribution in [0.1, 0.15) is 23.7 Å². The van der Waals surface area contributed by atoms with Crippen molar-refractivity contribution in [3.8, 4) is 0 Å². The predicted molar refractivity (Wildman–Crippen MR) is 68.4 cm³/mol. The van der Waals surface area contributed by atoms with Crippen molar-refractivity contribution in [3.05, 3.63) is 33.8 Å². The Morgan fingerprint density at radius 2 is 2.13 bits per heavy atom. The van der Waals surface area contributed by atoms with Crippen LogP contribution in [0.2, 0.25) is 10.0 Å². The van der Waals surface area contributed by atoms with Gasteiger partial charge in [0, 0.05) is 5.56 Å². The van der Waals surface area contributed by atoms with Crippen LogP contribution in [-0.4, -0.2) is 17.3 Å². The van der Waals surface area contributed by atoms with E-state index < -0.39 is 0 Å². The Balaban J connectivity index is 2.69. The van der Waals surface area contributed by atoms with Gasteiger partial charge in [-0.15, -0.1) is 0 Å². The van der Waals surface area contributed by atoms with Gasteiger partial charge in [-0.25, -0.2) is 0 Å². The van der Waals surface area contributed by atoms with E-state index >= 15 is 0 Å². The summed E-state index contributed by atoms with van der Waals surface area (Å²) >= 11 is 13.4. The van der Waals surface area contributed by atoms with Crippen LogP contribution < -0.4 is 0 Å². The normalized spacial score (nSPS) is 10.3. The van der Waals surface area contributed by atoms with Crippen LogP contribution in [-0.2, 0) is 0 Å². The third-order valence-corrected chi connectivity index (χ3v) is 3.82. The van der Waals surface area contributed by atoms with Gasteiger partial charge in [0.15, 0.2) is 5.78 Å². The van der Waals surface area contributed by atoms with Gasteiger partial charge in [-0.2, -0.15) is 11.8 Å². The topological polar surface area (TPSA) is 17.1 Å². The average Bonchev–Trinajstić information content (AvgIpc) is 2.22. The maximum atomic E-state index is 11.7. The maximum Gasteiger partial charge on any atom is 0.174 e. The molecule has 82 valence electrons. The van der Waals surface area contributed by atoms with Crippen molar-refractivity contribution in [3.63, 3.8) is 0 Å². The molecule has 1 aromatic carbocycles. The summed E-state index contributed by atoms with van der Waals surface area (Å²) in [6, 6.07) is 5.13. The molecular formula is C11H12Cl2OS. The zero-order valence-electron chi connectivity index (χ0n) is 8.43. The Morgan fingerprint density at radius 1 is 1.40 bits per heavy atom. The van der Waals surface area contributed by atoms with E-state index in [0.29, 0.717) is 21.4 Å². The number of carbonyl (C=O) groups is 1. The molecule has 0 aliphatic heterocycles. The fraction of sp³-hybridized carbons (Fsp3) is 0.364. The van der Waals surface area contributed by atoms with E-state index in [1.54, 1.807) is 30.0 Å². The van der Waals surface area contributed by atoms with Crippen LogP contribution in [0.25, 0.3) is 0 Å². The molecule has 0 radical (unpaired) electrons. The summed E-state index contributed by atoms with van der Waals surface area (Å²) in [5.41, 5.74) is 0.521. The molecule has 0 bridgehead atoms. The molecular weight excluding hydrogens is 251 g/mol. The first-order valence-corrected chi connectivity index (χ1v) is 6.62. The van der Waals surface area contributed by atoms with Crippen LogP contribution in [0.15, 0.2) is 18.2 Å². The zero-order valence-corrected chi connectivity index (χ0v) is 10.8. The summed E-state index contributed by atoms with van der Waals surface area (Å²) in [4.78, 5) is 11.7. The summed E-state index contributed by atoms with van der Waals surface area (Å²) in [6.45, 7) is 2.09. The number of thioether (sulfide) groups is 1. The summed E-state index contributed by atoms with van der Waals surface area (Å²) in [5, 5.41) is 0.796.